The summed E-state index contributed by atoms with van der Waals surface area (Å²) in [6.07, 6.45) is -0.316. The first-order valence-electron chi connectivity index (χ1n) is 3.89. The van der Waals surface area contributed by atoms with Gasteiger partial charge < -0.3 is 5.73 Å². The lowest BCUT2D eigenvalue weighted by atomic mass is 10.1. The van der Waals surface area contributed by atoms with Crippen molar-refractivity contribution in [3.63, 3.8) is 0 Å². The SMILES string of the molecule is NC1(c2ccccc2Cl)CC1(F)F. The van der Waals surface area contributed by atoms with Crippen LogP contribution >= 0.6 is 11.6 Å². The summed E-state index contributed by atoms with van der Waals surface area (Å²) in [7, 11) is 0. The normalized spacial score (nSPS) is 30.2. The summed E-state index contributed by atoms with van der Waals surface area (Å²) in [6, 6.07) is 6.46. The van der Waals surface area contributed by atoms with Gasteiger partial charge in [-0.3, -0.25) is 0 Å². The Morgan fingerprint density at radius 2 is 1.85 bits per heavy atom. The number of benzene rings is 1. The molecule has 4 heteroatoms. The van der Waals surface area contributed by atoms with Crippen LogP contribution in [0.5, 0.6) is 0 Å². The van der Waals surface area contributed by atoms with Gasteiger partial charge in [0.05, 0.1) is 0 Å². The van der Waals surface area contributed by atoms with Crippen LogP contribution < -0.4 is 5.73 Å². The summed E-state index contributed by atoms with van der Waals surface area (Å²) in [5.41, 5.74) is 4.31. The molecule has 1 atom stereocenters. The van der Waals surface area contributed by atoms with E-state index in [1.54, 1.807) is 24.3 Å². The smallest absolute Gasteiger partial charge is 0.272 e. The highest BCUT2D eigenvalue weighted by atomic mass is 35.5. The van der Waals surface area contributed by atoms with Gasteiger partial charge in [0.1, 0.15) is 5.54 Å². The monoisotopic (exact) mass is 203 g/mol. The van der Waals surface area contributed by atoms with Gasteiger partial charge in [0.15, 0.2) is 0 Å². The Hall–Kier alpha value is -0.670. The average molecular weight is 204 g/mol. The molecule has 2 rings (SSSR count). The largest absolute Gasteiger partial charge is 0.316 e. The van der Waals surface area contributed by atoms with E-state index in [1.807, 2.05) is 0 Å². The second-order valence-corrected chi connectivity index (χ2v) is 3.74. The first-order chi connectivity index (χ1) is 5.97. The van der Waals surface area contributed by atoms with Gasteiger partial charge in [-0.2, -0.15) is 0 Å². The van der Waals surface area contributed by atoms with Crippen molar-refractivity contribution < 1.29 is 8.78 Å². The van der Waals surface area contributed by atoms with E-state index >= 15 is 0 Å². The molecule has 0 amide bonds. The Kier molecular flexibility index (Phi) is 1.66. The van der Waals surface area contributed by atoms with E-state index in [-0.39, 0.29) is 6.42 Å². The van der Waals surface area contributed by atoms with Crippen molar-refractivity contribution in [3.05, 3.63) is 34.9 Å². The molecule has 1 saturated carbocycles. The van der Waals surface area contributed by atoms with Crippen LogP contribution in [0.25, 0.3) is 0 Å². The van der Waals surface area contributed by atoms with Crippen LogP contribution in [0.2, 0.25) is 5.02 Å². The lowest BCUT2D eigenvalue weighted by Gasteiger charge is -2.11. The van der Waals surface area contributed by atoms with Crippen LogP contribution in [0, 0.1) is 0 Å². The van der Waals surface area contributed by atoms with Gasteiger partial charge >= 0.3 is 0 Å². The average Bonchev–Trinajstić information content (AvgIpc) is 2.53. The van der Waals surface area contributed by atoms with Gasteiger partial charge in [-0.25, -0.2) is 8.78 Å². The summed E-state index contributed by atoms with van der Waals surface area (Å²) >= 11 is 5.76. The molecule has 0 radical (unpaired) electrons. The Labute approximate surface area is 79.5 Å². The van der Waals surface area contributed by atoms with E-state index in [0.29, 0.717) is 10.6 Å². The molecule has 2 N–H and O–H groups in total. The maximum absolute atomic E-state index is 12.9. The number of alkyl halides is 2. The van der Waals surface area contributed by atoms with Crippen molar-refractivity contribution in [2.75, 3.05) is 0 Å². The third kappa shape index (κ3) is 1.15. The molecule has 70 valence electrons. The van der Waals surface area contributed by atoms with E-state index in [2.05, 4.69) is 0 Å². The van der Waals surface area contributed by atoms with E-state index in [1.165, 1.54) is 0 Å². The highest BCUT2D eigenvalue weighted by Crippen LogP contribution is 2.58. The second kappa shape index (κ2) is 2.42. The molecule has 1 aromatic rings. The summed E-state index contributed by atoms with van der Waals surface area (Å²) in [6.45, 7) is 0. The van der Waals surface area contributed by atoms with Crippen molar-refractivity contribution >= 4 is 11.6 Å². The molecule has 1 aliphatic rings. The Morgan fingerprint density at radius 3 is 2.31 bits per heavy atom. The molecule has 1 fully saturated rings. The maximum Gasteiger partial charge on any atom is 0.272 e. The number of rotatable bonds is 1. The molecule has 0 aliphatic heterocycles. The zero-order valence-corrected chi connectivity index (χ0v) is 7.48. The lowest BCUT2D eigenvalue weighted by Crippen LogP contribution is -2.27. The van der Waals surface area contributed by atoms with E-state index in [0.717, 1.165) is 0 Å². The number of hydrogen-bond donors (Lipinski definition) is 1. The van der Waals surface area contributed by atoms with Gasteiger partial charge in [-0.15, -0.1) is 0 Å². The standard InChI is InChI=1S/C9H8ClF2N/c10-7-4-2-1-3-6(7)8(13)5-9(8,11)12/h1-4H,5,13H2. The predicted octanol–water partition coefficient (Wildman–Crippen LogP) is 2.53. The number of nitrogens with two attached hydrogens (primary N) is 1. The van der Waals surface area contributed by atoms with E-state index in [4.69, 9.17) is 17.3 Å². The van der Waals surface area contributed by atoms with Crippen molar-refractivity contribution in [1.29, 1.82) is 0 Å². The molecule has 0 saturated heterocycles. The summed E-state index contributed by atoms with van der Waals surface area (Å²) in [4.78, 5) is 0. The van der Waals surface area contributed by atoms with Crippen LogP contribution in [0.1, 0.15) is 12.0 Å². The highest BCUT2D eigenvalue weighted by Gasteiger charge is 2.70. The minimum Gasteiger partial charge on any atom is -0.316 e. The molecule has 0 heterocycles. The summed E-state index contributed by atoms with van der Waals surface area (Å²) in [5, 5.41) is 0.308. The quantitative estimate of drug-likeness (QED) is 0.746. The van der Waals surface area contributed by atoms with Crippen molar-refractivity contribution in [3.8, 4) is 0 Å². The third-order valence-corrected chi connectivity index (χ3v) is 2.71. The van der Waals surface area contributed by atoms with Crippen molar-refractivity contribution in [2.45, 2.75) is 17.9 Å². The van der Waals surface area contributed by atoms with Crippen molar-refractivity contribution in [2.24, 2.45) is 5.73 Å². The Bertz CT molecular complexity index is 353. The molecule has 0 spiro atoms. The van der Waals surface area contributed by atoms with E-state index < -0.39 is 11.5 Å². The third-order valence-electron chi connectivity index (χ3n) is 2.38. The molecular formula is C9H8ClF2N. The molecule has 1 aromatic carbocycles. The zero-order chi connectivity index (χ0) is 9.69. The van der Waals surface area contributed by atoms with Crippen molar-refractivity contribution in [1.82, 2.24) is 0 Å². The Morgan fingerprint density at radius 1 is 1.31 bits per heavy atom. The fourth-order valence-electron chi connectivity index (χ4n) is 1.42. The first kappa shape index (κ1) is 8.91. The van der Waals surface area contributed by atoms with Crippen LogP contribution in [-0.2, 0) is 5.54 Å². The topological polar surface area (TPSA) is 26.0 Å². The van der Waals surface area contributed by atoms with Gasteiger partial charge in [0.2, 0.25) is 0 Å². The van der Waals surface area contributed by atoms with Gasteiger partial charge in [0.25, 0.3) is 5.92 Å². The summed E-state index contributed by atoms with van der Waals surface area (Å²) in [5.74, 6) is -2.81. The van der Waals surface area contributed by atoms with Crippen LogP contribution in [0.3, 0.4) is 0 Å². The Balaban J connectivity index is 2.44. The van der Waals surface area contributed by atoms with Crippen LogP contribution in [0.15, 0.2) is 24.3 Å². The fourth-order valence-corrected chi connectivity index (χ4v) is 1.73. The van der Waals surface area contributed by atoms with Crippen LogP contribution in [0.4, 0.5) is 8.78 Å². The van der Waals surface area contributed by atoms with Gasteiger partial charge in [-0.05, 0) is 11.6 Å². The highest BCUT2D eigenvalue weighted by molar-refractivity contribution is 6.31. The number of hydrogen-bond acceptors (Lipinski definition) is 1. The van der Waals surface area contributed by atoms with E-state index in [9.17, 15) is 8.78 Å². The summed E-state index contributed by atoms with van der Waals surface area (Å²) < 4.78 is 25.7. The van der Waals surface area contributed by atoms with Gasteiger partial charge in [0, 0.05) is 11.4 Å². The molecule has 1 aliphatic carbocycles. The minimum absolute atomic E-state index is 0.308. The molecule has 13 heavy (non-hydrogen) atoms. The number of halogens is 3. The zero-order valence-electron chi connectivity index (χ0n) is 6.73. The molecule has 1 unspecified atom stereocenters. The van der Waals surface area contributed by atoms with Crippen LogP contribution in [-0.4, -0.2) is 5.92 Å². The molecule has 0 bridgehead atoms. The lowest BCUT2D eigenvalue weighted by molar-refractivity contribution is 0.0891. The fraction of sp³-hybridized carbons (Fsp3) is 0.333. The second-order valence-electron chi connectivity index (χ2n) is 3.33. The maximum atomic E-state index is 12.9. The van der Waals surface area contributed by atoms with Gasteiger partial charge in [-0.1, -0.05) is 29.8 Å². The minimum atomic E-state index is -2.81. The molecule has 1 nitrogen and oxygen atoms in total. The molecular weight excluding hydrogens is 196 g/mol. The first-order valence-corrected chi connectivity index (χ1v) is 4.27. The molecule has 0 aromatic heterocycles. The predicted molar refractivity (Wildman–Crippen MR) is 46.9 cm³/mol.